The first kappa shape index (κ1) is 24.8. The monoisotopic (exact) mass is 414 g/mol. The normalized spacial score (nSPS) is 13.1. The maximum Gasteiger partial charge on any atom is 0.0645 e. The lowest BCUT2D eigenvalue weighted by Gasteiger charge is -2.16. The minimum atomic E-state index is 0.416. The summed E-state index contributed by atoms with van der Waals surface area (Å²) in [7, 11) is 0. The molecule has 0 fully saturated rings. The molecule has 0 aromatic carbocycles. The molecule has 0 saturated carbocycles. The number of rotatable bonds is 10. The smallest absolute Gasteiger partial charge is 0.0645 e. The van der Waals surface area contributed by atoms with Gasteiger partial charge in [0.1, 0.15) is 0 Å². The van der Waals surface area contributed by atoms with Gasteiger partial charge in [0.15, 0.2) is 0 Å². The van der Waals surface area contributed by atoms with Gasteiger partial charge in [0.05, 0.1) is 13.2 Å². The lowest BCUT2D eigenvalue weighted by molar-refractivity contribution is 0.115. The van der Waals surface area contributed by atoms with E-state index in [0.717, 1.165) is 32.7 Å². The van der Waals surface area contributed by atoms with E-state index >= 15 is 0 Å². The molecule has 3 nitrogen and oxygen atoms in total. The minimum Gasteiger partial charge on any atom is -0.379 e. The van der Waals surface area contributed by atoms with Crippen molar-refractivity contribution in [1.82, 2.24) is 9.13 Å². The molecule has 0 spiro atoms. The summed E-state index contributed by atoms with van der Waals surface area (Å²) in [5, 5.41) is 0. The summed E-state index contributed by atoms with van der Waals surface area (Å²) in [6.07, 6.45) is 1.08. The van der Waals surface area contributed by atoms with E-state index in [4.69, 9.17) is 4.74 Å². The molecule has 0 N–H and O–H groups in total. The first-order valence-corrected chi connectivity index (χ1v) is 12.0. The molecule has 2 aromatic heterocycles. The Labute approximate surface area is 185 Å². The highest BCUT2D eigenvalue weighted by molar-refractivity contribution is 5.41. The third-order valence-corrected chi connectivity index (χ3v) is 6.93. The van der Waals surface area contributed by atoms with Gasteiger partial charge in [-0.15, -0.1) is 0 Å². The maximum atomic E-state index is 6.24. The van der Waals surface area contributed by atoms with Crippen molar-refractivity contribution >= 4 is 0 Å². The van der Waals surface area contributed by atoms with Gasteiger partial charge in [-0.25, -0.2) is 0 Å². The van der Waals surface area contributed by atoms with Gasteiger partial charge in [-0.3, -0.25) is 0 Å². The van der Waals surface area contributed by atoms with Crippen molar-refractivity contribution in [1.29, 1.82) is 0 Å². The van der Waals surface area contributed by atoms with Gasteiger partial charge in [-0.1, -0.05) is 41.5 Å². The molecule has 3 heteroatoms. The first-order valence-electron chi connectivity index (χ1n) is 12.0. The first-order chi connectivity index (χ1) is 14.1. The molecule has 0 radical (unpaired) electrons. The zero-order chi connectivity index (χ0) is 22.7. The fourth-order valence-electron chi connectivity index (χ4n) is 5.90. The third-order valence-electron chi connectivity index (χ3n) is 6.93. The minimum absolute atomic E-state index is 0.416. The van der Waals surface area contributed by atoms with E-state index in [2.05, 4.69) is 85.3 Å². The van der Waals surface area contributed by atoms with E-state index in [0.29, 0.717) is 17.8 Å². The lowest BCUT2D eigenvalue weighted by Crippen LogP contribution is -2.14. The van der Waals surface area contributed by atoms with Crippen molar-refractivity contribution in [2.24, 2.45) is 0 Å². The predicted octanol–water partition coefficient (Wildman–Crippen LogP) is 7.17. The molecule has 0 amide bonds. The van der Waals surface area contributed by atoms with Gasteiger partial charge in [0.2, 0.25) is 0 Å². The molecular formula is C27H46N2O. The van der Waals surface area contributed by atoms with Crippen LogP contribution in [0.4, 0.5) is 0 Å². The molecule has 2 rings (SSSR count). The zero-order valence-corrected chi connectivity index (χ0v) is 21.6. The van der Waals surface area contributed by atoms with Crippen molar-refractivity contribution in [3.8, 4) is 0 Å². The fraction of sp³-hybridized carbons (Fsp3) is 0.704. The summed E-state index contributed by atoms with van der Waals surface area (Å²) in [4.78, 5) is 0. The summed E-state index contributed by atoms with van der Waals surface area (Å²) >= 11 is 0. The van der Waals surface area contributed by atoms with Gasteiger partial charge >= 0.3 is 0 Å². The Balaban J connectivity index is 2.10. The zero-order valence-electron chi connectivity index (χ0n) is 21.6. The van der Waals surface area contributed by atoms with E-state index in [1.165, 1.54) is 45.0 Å². The lowest BCUT2D eigenvalue weighted by atomic mass is 9.95. The number of hydrogen-bond acceptors (Lipinski definition) is 1. The Morgan fingerprint density at radius 3 is 1.83 bits per heavy atom. The van der Waals surface area contributed by atoms with E-state index in [9.17, 15) is 0 Å². The topological polar surface area (TPSA) is 19.1 Å². The summed E-state index contributed by atoms with van der Waals surface area (Å²) in [6, 6.07) is 0. The molecule has 0 aliphatic carbocycles. The molecule has 30 heavy (non-hydrogen) atoms. The summed E-state index contributed by atoms with van der Waals surface area (Å²) in [5.74, 6) is 1.54. The highest BCUT2D eigenvalue weighted by Crippen LogP contribution is 2.33. The number of aromatic nitrogens is 2. The Morgan fingerprint density at radius 1 is 0.767 bits per heavy atom. The number of hydrogen-bond donors (Lipinski definition) is 0. The van der Waals surface area contributed by atoms with Gasteiger partial charge in [0.25, 0.3) is 0 Å². The number of nitrogens with zero attached hydrogens (tertiary/aromatic N) is 2. The maximum absolute atomic E-state index is 6.24. The van der Waals surface area contributed by atoms with Gasteiger partial charge < -0.3 is 13.9 Å². The van der Waals surface area contributed by atoms with Crippen LogP contribution in [0.5, 0.6) is 0 Å². The second-order valence-electron chi connectivity index (χ2n) is 9.61. The van der Waals surface area contributed by atoms with Crippen LogP contribution in [0.1, 0.15) is 111 Å². The van der Waals surface area contributed by atoms with Crippen molar-refractivity contribution < 1.29 is 4.74 Å². The summed E-state index contributed by atoms with van der Waals surface area (Å²) < 4.78 is 11.2. The van der Waals surface area contributed by atoms with Crippen LogP contribution in [0.15, 0.2) is 0 Å². The van der Waals surface area contributed by atoms with Crippen LogP contribution in [0.3, 0.4) is 0 Å². The Bertz CT molecular complexity index is 851. The molecule has 1 atom stereocenters. The Kier molecular flexibility index (Phi) is 8.44. The third kappa shape index (κ3) is 4.56. The van der Waals surface area contributed by atoms with Gasteiger partial charge in [0, 0.05) is 41.8 Å². The van der Waals surface area contributed by atoms with Crippen LogP contribution in [-0.2, 0) is 24.2 Å². The SMILES string of the molecule is CCc1c(C)c(C(C)C)c(C)n1CCOCC(C)c1c(C)c(C(C)C)n(CC)c1C. The molecule has 170 valence electrons. The molecule has 0 aliphatic rings. The van der Waals surface area contributed by atoms with Gasteiger partial charge in [-0.05, 0) is 75.1 Å². The van der Waals surface area contributed by atoms with Crippen LogP contribution in [-0.4, -0.2) is 22.3 Å². The van der Waals surface area contributed by atoms with Crippen molar-refractivity contribution in [2.75, 3.05) is 13.2 Å². The molecule has 0 aliphatic heterocycles. The average molecular weight is 415 g/mol. The molecule has 0 saturated heterocycles. The molecule has 2 heterocycles. The largest absolute Gasteiger partial charge is 0.379 e. The van der Waals surface area contributed by atoms with E-state index < -0.39 is 0 Å². The second-order valence-corrected chi connectivity index (χ2v) is 9.61. The van der Waals surface area contributed by atoms with Crippen LogP contribution in [0.2, 0.25) is 0 Å². The van der Waals surface area contributed by atoms with Gasteiger partial charge in [-0.2, -0.15) is 0 Å². The van der Waals surface area contributed by atoms with Crippen LogP contribution in [0, 0.1) is 27.7 Å². The second kappa shape index (κ2) is 10.2. The average Bonchev–Trinajstić information content (AvgIpc) is 3.07. The van der Waals surface area contributed by atoms with Crippen LogP contribution >= 0.6 is 0 Å². The van der Waals surface area contributed by atoms with E-state index in [-0.39, 0.29) is 0 Å². The van der Waals surface area contributed by atoms with Crippen molar-refractivity contribution in [3.05, 3.63) is 45.0 Å². The highest BCUT2D eigenvalue weighted by Gasteiger charge is 2.23. The fourth-order valence-corrected chi connectivity index (χ4v) is 5.90. The Morgan fingerprint density at radius 2 is 1.37 bits per heavy atom. The van der Waals surface area contributed by atoms with Crippen molar-refractivity contribution in [3.63, 3.8) is 0 Å². The number of ether oxygens (including phenoxy) is 1. The molecule has 2 aromatic rings. The predicted molar refractivity (Wildman–Crippen MR) is 130 cm³/mol. The molecular weight excluding hydrogens is 368 g/mol. The Hall–Kier alpha value is -1.48. The van der Waals surface area contributed by atoms with Crippen molar-refractivity contribution in [2.45, 2.75) is 113 Å². The highest BCUT2D eigenvalue weighted by atomic mass is 16.5. The molecule has 1 unspecified atom stereocenters. The summed E-state index contributed by atoms with van der Waals surface area (Å²) in [5.41, 5.74) is 11.8. The van der Waals surface area contributed by atoms with Crippen LogP contribution in [0.25, 0.3) is 0 Å². The summed E-state index contributed by atoms with van der Waals surface area (Å²) in [6.45, 7) is 28.7. The molecule has 0 bridgehead atoms. The van der Waals surface area contributed by atoms with Crippen LogP contribution < -0.4 is 0 Å². The van der Waals surface area contributed by atoms with E-state index in [1.54, 1.807) is 0 Å². The standard InChI is InChI=1S/C27H46N2O/c1-12-24-20(8)25(17(3)4)22(10)29(24)14-15-30-16-19(7)26-21(9)27(18(5)6)28(13-2)23(26)11/h17-19H,12-16H2,1-11H3. The van der Waals surface area contributed by atoms with E-state index in [1.807, 2.05) is 0 Å². The quantitative estimate of drug-likeness (QED) is 0.377.